The Morgan fingerprint density at radius 3 is 2.38 bits per heavy atom. The molecule has 0 atom stereocenters. The molecule has 5 nitrogen and oxygen atoms in total. The average Bonchev–Trinajstić information content (AvgIpc) is 2.16. The molecule has 0 aromatic rings. The van der Waals surface area contributed by atoms with Crippen molar-refractivity contribution in [1.29, 1.82) is 5.41 Å². The topological polar surface area (TPSA) is 71.4 Å². The third kappa shape index (κ3) is 7.27. The second-order valence-electron chi connectivity index (χ2n) is 2.45. The Morgan fingerprint density at radius 1 is 1.23 bits per heavy atom. The summed E-state index contributed by atoms with van der Waals surface area (Å²) >= 11 is 0. The molecule has 0 heterocycles. The van der Waals surface area contributed by atoms with E-state index in [1.54, 1.807) is 0 Å². The molecule has 13 heavy (non-hydrogen) atoms. The number of methoxy groups -OCH3 is 2. The molecule has 0 rings (SSSR count). The zero-order valence-electron chi connectivity index (χ0n) is 8.05. The lowest BCUT2D eigenvalue weighted by Gasteiger charge is -2.03. The molecule has 5 heteroatoms. The van der Waals surface area contributed by atoms with Gasteiger partial charge in [0, 0.05) is 19.5 Å². The maximum Gasteiger partial charge on any atom is 0.306 e. The van der Waals surface area contributed by atoms with Crippen molar-refractivity contribution in [1.82, 2.24) is 5.32 Å². The molecular weight excluding hydrogens is 172 g/mol. The van der Waals surface area contributed by atoms with Crippen LogP contribution in [0.1, 0.15) is 12.8 Å². The molecule has 0 aliphatic heterocycles. The van der Waals surface area contributed by atoms with E-state index in [1.807, 2.05) is 0 Å². The molecule has 0 aliphatic carbocycles. The maximum absolute atomic E-state index is 10.6. The Kier molecular flexibility index (Phi) is 6.91. The van der Waals surface area contributed by atoms with E-state index in [9.17, 15) is 4.79 Å². The fourth-order valence-corrected chi connectivity index (χ4v) is 0.721. The molecule has 0 saturated heterocycles. The molecule has 76 valence electrons. The van der Waals surface area contributed by atoms with E-state index < -0.39 is 0 Å². The number of rotatable bonds is 6. The molecule has 0 amide bonds. The minimum atomic E-state index is -0.227. The van der Waals surface area contributed by atoms with Crippen LogP contribution in [-0.2, 0) is 14.3 Å². The van der Waals surface area contributed by atoms with Gasteiger partial charge in [0.15, 0.2) is 5.90 Å². The lowest BCUT2D eigenvalue weighted by molar-refractivity contribution is -0.140. The first-order valence-electron chi connectivity index (χ1n) is 4.09. The first-order chi connectivity index (χ1) is 6.20. The van der Waals surface area contributed by atoms with Crippen LogP contribution in [0.25, 0.3) is 0 Å². The third-order valence-electron chi connectivity index (χ3n) is 1.51. The number of hydrogen-bond donors (Lipinski definition) is 2. The molecule has 0 saturated carbocycles. The average molecular weight is 188 g/mol. The van der Waals surface area contributed by atoms with E-state index in [0.29, 0.717) is 25.9 Å². The Labute approximate surface area is 77.9 Å². The van der Waals surface area contributed by atoms with Crippen LogP contribution < -0.4 is 5.32 Å². The van der Waals surface area contributed by atoms with Crippen molar-refractivity contribution in [3.63, 3.8) is 0 Å². The van der Waals surface area contributed by atoms with Crippen molar-refractivity contribution in [2.24, 2.45) is 0 Å². The van der Waals surface area contributed by atoms with Crippen LogP contribution in [0.3, 0.4) is 0 Å². The predicted molar refractivity (Wildman–Crippen MR) is 48.9 cm³/mol. The number of nitrogens with one attached hydrogen (secondary N) is 2. The van der Waals surface area contributed by atoms with Gasteiger partial charge in [0.25, 0.3) is 0 Å². The summed E-state index contributed by atoms with van der Waals surface area (Å²) in [4.78, 5) is 10.6. The van der Waals surface area contributed by atoms with Crippen LogP contribution in [0.2, 0.25) is 0 Å². The van der Waals surface area contributed by atoms with Crippen molar-refractivity contribution in [2.45, 2.75) is 12.8 Å². The molecular formula is C8H16N2O3. The number of carbonyl (C=O) groups is 1. The van der Waals surface area contributed by atoms with Crippen LogP contribution in [0.5, 0.6) is 0 Å². The highest BCUT2D eigenvalue weighted by Crippen LogP contribution is 1.84. The third-order valence-corrected chi connectivity index (χ3v) is 1.51. The highest BCUT2D eigenvalue weighted by atomic mass is 16.5. The number of esters is 1. The van der Waals surface area contributed by atoms with E-state index in [-0.39, 0.29) is 11.9 Å². The van der Waals surface area contributed by atoms with Gasteiger partial charge < -0.3 is 14.8 Å². The fraction of sp³-hybridized carbons (Fsp3) is 0.750. The normalized spacial score (nSPS) is 9.38. The Hall–Kier alpha value is -1.10. The second-order valence-corrected chi connectivity index (χ2v) is 2.45. The van der Waals surface area contributed by atoms with Gasteiger partial charge in [0.2, 0.25) is 0 Å². The molecule has 2 N–H and O–H groups in total. The quantitative estimate of drug-likeness (QED) is 0.269. The summed E-state index contributed by atoms with van der Waals surface area (Å²) < 4.78 is 9.10. The van der Waals surface area contributed by atoms with Gasteiger partial charge in [-0.3, -0.25) is 10.2 Å². The van der Waals surface area contributed by atoms with Gasteiger partial charge in [0.05, 0.1) is 20.6 Å². The van der Waals surface area contributed by atoms with Gasteiger partial charge in [-0.2, -0.15) is 0 Å². The second kappa shape index (κ2) is 7.54. The summed E-state index contributed by atoms with van der Waals surface area (Å²) in [6, 6.07) is 0. The van der Waals surface area contributed by atoms with Gasteiger partial charge in [-0.05, 0) is 0 Å². The Morgan fingerprint density at radius 2 is 1.85 bits per heavy atom. The van der Waals surface area contributed by atoms with Crippen molar-refractivity contribution in [2.75, 3.05) is 27.3 Å². The molecule has 0 aromatic heterocycles. The molecule has 0 bridgehead atoms. The predicted octanol–water partition coefficient (Wildman–Crippen LogP) is 0.153. The van der Waals surface area contributed by atoms with Gasteiger partial charge >= 0.3 is 5.97 Å². The van der Waals surface area contributed by atoms with E-state index in [0.717, 1.165) is 0 Å². The highest BCUT2D eigenvalue weighted by molar-refractivity contribution is 5.72. The van der Waals surface area contributed by atoms with Crippen molar-refractivity contribution >= 4 is 11.9 Å². The summed E-state index contributed by atoms with van der Waals surface area (Å²) in [5.74, 6) is 0.0138. The summed E-state index contributed by atoms with van der Waals surface area (Å²) in [5, 5.41) is 10.1. The molecule has 0 unspecified atom stereocenters. The first kappa shape index (κ1) is 11.9. The first-order valence-corrected chi connectivity index (χ1v) is 4.09. The van der Waals surface area contributed by atoms with Crippen LogP contribution >= 0.6 is 0 Å². The lowest BCUT2D eigenvalue weighted by atomic mass is 10.4. The molecule has 0 radical (unpaired) electrons. The van der Waals surface area contributed by atoms with Gasteiger partial charge in [0.1, 0.15) is 0 Å². The van der Waals surface area contributed by atoms with E-state index >= 15 is 0 Å². The van der Waals surface area contributed by atoms with Crippen molar-refractivity contribution in [3.8, 4) is 0 Å². The van der Waals surface area contributed by atoms with E-state index in [4.69, 9.17) is 5.41 Å². The SMILES string of the molecule is COC(=N)CCNCCC(=O)OC. The lowest BCUT2D eigenvalue weighted by Crippen LogP contribution is -2.22. The van der Waals surface area contributed by atoms with Crippen molar-refractivity contribution < 1.29 is 14.3 Å². The smallest absolute Gasteiger partial charge is 0.306 e. The zero-order valence-corrected chi connectivity index (χ0v) is 8.05. The summed E-state index contributed by atoms with van der Waals surface area (Å²) in [6.45, 7) is 1.22. The van der Waals surface area contributed by atoms with Gasteiger partial charge in [-0.15, -0.1) is 0 Å². The van der Waals surface area contributed by atoms with Crippen LogP contribution in [0.4, 0.5) is 0 Å². The molecule has 0 aliphatic rings. The molecule has 0 aromatic carbocycles. The summed E-state index contributed by atoms with van der Waals surface area (Å²) in [7, 11) is 2.83. The van der Waals surface area contributed by atoms with E-state index in [1.165, 1.54) is 14.2 Å². The van der Waals surface area contributed by atoms with Gasteiger partial charge in [-0.25, -0.2) is 0 Å². The number of carbonyl (C=O) groups excluding carboxylic acids is 1. The Balaban J connectivity index is 3.17. The van der Waals surface area contributed by atoms with Crippen LogP contribution in [0.15, 0.2) is 0 Å². The van der Waals surface area contributed by atoms with Gasteiger partial charge in [-0.1, -0.05) is 0 Å². The largest absolute Gasteiger partial charge is 0.484 e. The van der Waals surface area contributed by atoms with Crippen molar-refractivity contribution in [3.05, 3.63) is 0 Å². The molecule has 0 fully saturated rings. The number of ether oxygens (including phenoxy) is 2. The summed E-state index contributed by atoms with van der Waals surface area (Å²) in [6.07, 6.45) is 0.897. The minimum Gasteiger partial charge on any atom is -0.484 e. The van der Waals surface area contributed by atoms with E-state index in [2.05, 4.69) is 14.8 Å². The monoisotopic (exact) mass is 188 g/mol. The molecule has 0 spiro atoms. The minimum absolute atomic E-state index is 0.227. The van der Waals surface area contributed by atoms with Crippen LogP contribution in [0, 0.1) is 5.41 Å². The fourth-order valence-electron chi connectivity index (χ4n) is 0.721. The Bertz CT molecular complexity index is 153. The maximum atomic E-state index is 10.6. The summed E-state index contributed by atoms with van der Waals surface area (Å²) in [5.41, 5.74) is 0. The standard InChI is InChI=1S/C8H16N2O3/c1-12-7(9)3-5-10-6-4-8(11)13-2/h9-10H,3-6H2,1-2H3. The highest BCUT2D eigenvalue weighted by Gasteiger charge is 1.99. The van der Waals surface area contributed by atoms with Crippen LogP contribution in [-0.4, -0.2) is 39.2 Å². The zero-order chi connectivity index (χ0) is 10.1. The number of hydrogen-bond acceptors (Lipinski definition) is 5.